The van der Waals surface area contributed by atoms with Gasteiger partial charge in [-0.3, -0.25) is 10.1 Å². The molecule has 0 radical (unpaired) electrons. The number of aliphatic hydroxyl groups excluding tert-OH is 1. The fourth-order valence-corrected chi connectivity index (χ4v) is 2.02. The standard InChI is InChI=1S/C16H19ClN4O3/c1-3-11(9-22)19-10(2)12(8-18)15(23)21-16(24)20-14-7-5-4-6-13(14)17/h4-7,11,19,22H,3,9H2,1-2H3,(H2,20,21,23,24). The third kappa shape index (κ3) is 5.57. The van der Waals surface area contributed by atoms with Crippen LogP contribution in [-0.2, 0) is 4.79 Å². The van der Waals surface area contributed by atoms with E-state index in [9.17, 15) is 9.59 Å². The van der Waals surface area contributed by atoms with Gasteiger partial charge in [-0.15, -0.1) is 0 Å². The van der Waals surface area contributed by atoms with Crippen LogP contribution in [0, 0.1) is 11.3 Å². The third-order valence-corrected chi connectivity index (χ3v) is 3.53. The van der Waals surface area contributed by atoms with Gasteiger partial charge in [-0.05, 0) is 25.5 Å². The SMILES string of the molecule is CCC(CO)NC(C)=C(C#N)C(=O)NC(=O)Nc1ccccc1Cl. The van der Waals surface area contributed by atoms with Crippen molar-refractivity contribution in [3.8, 4) is 6.07 Å². The van der Waals surface area contributed by atoms with Crippen molar-refractivity contribution in [1.29, 1.82) is 5.26 Å². The average Bonchev–Trinajstić information content (AvgIpc) is 2.55. The van der Waals surface area contributed by atoms with Crippen LogP contribution in [-0.4, -0.2) is 29.7 Å². The number of amides is 3. The maximum atomic E-state index is 12.1. The molecule has 128 valence electrons. The van der Waals surface area contributed by atoms with Crippen LogP contribution in [0.2, 0.25) is 5.02 Å². The van der Waals surface area contributed by atoms with E-state index in [1.807, 2.05) is 6.92 Å². The zero-order valence-electron chi connectivity index (χ0n) is 13.4. The van der Waals surface area contributed by atoms with Crippen molar-refractivity contribution in [3.63, 3.8) is 0 Å². The number of halogens is 1. The van der Waals surface area contributed by atoms with E-state index >= 15 is 0 Å². The lowest BCUT2D eigenvalue weighted by atomic mass is 10.1. The number of benzene rings is 1. The zero-order chi connectivity index (χ0) is 18.1. The van der Waals surface area contributed by atoms with E-state index in [0.717, 1.165) is 0 Å². The number of hydrogen-bond acceptors (Lipinski definition) is 5. The molecule has 0 aliphatic heterocycles. The molecule has 0 aliphatic rings. The summed E-state index contributed by atoms with van der Waals surface area (Å²) in [6.07, 6.45) is 0.612. The van der Waals surface area contributed by atoms with E-state index in [1.165, 1.54) is 6.92 Å². The Labute approximate surface area is 145 Å². The molecule has 1 atom stereocenters. The number of hydrogen-bond donors (Lipinski definition) is 4. The first-order valence-electron chi connectivity index (χ1n) is 7.28. The van der Waals surface area contributed by atoms with E-state index in [0.29, 0.717) is 17.1 Å². The predicted octanol–water partition coefficient (Wildman–Crippen LogP) is 2.15. The Kier molecular flexibility index (Phi) is 7.75. The monoisotopic (exact) mass is 350 g/mol. The van der Waals surface area contributed by atoms with Crippen molar-refractivity contribution in [2.45, 2.75) is 26.3 Å². The zero-order valence-corrected chi connectivity index (χ0v) is 14.1. The molecule has 1 rings (SSSR count). The van der Waals surface area contributed by atoms with Gasteiger partial charge in [-0.2, -0.15) is 5.26 Å². The van der Waals surface area contributed by atoms with E-state index < -0.39 is 11.9 Å². The van der Waals surface area contributed by atoms with Gasteiger partial charge >= 0.3 is 6.03 Å². The Morgan fingerprint density at radius 2 is 2.04 bits per heavy atom. The summed E-state index contributed by atoms with van der Waals surface area (Å²) in [5.41, 5.74) is 0.380. The van der Waals surface area contributed by atoms with Gasteiger partial charge in [0, 0.05) is 11.7 Å². The summed E-state index contributed by atoms with van der Waals surface area (Å²) in [4.78, 5) is 23.9. The summed E-state index contributed by atoms with van der Waals surface area (Å²) in [5.74, 6) is -0.847. The number of para-hydroxylation sites is 1. The van der Waals surface area contributed by atoms with Crippen molar-refractivity contribution in [2.24, 2.45) is 0 Å². The lowest BCUT2D eigenvalue weighted by Gasteiger charge is -2.17. The Morgan fingerprint density at radius 1 is 1.38 bits per heavy atom. The van der Waals surface area contributed by atoms with Crippen LogP contribution in [0.1, 0.15) is 20.3 Å². The van der Waals surface area contributed by atoms with Crippen LogP contribution in [0.15, 0.2) is 35.5 Å². The van der Waals surface area contributed by atoms with E-state index in [-0.39, 0.29) is 23.9 Å². The highest BCUT2D eigenvalue weighted by Crippen LogP contribution is 2.20. The van der Waals surface area contributed by atoms with Crippen LogP contribution in [0.4, 0.5) is 10.5 Å². The second-order valence-corrected chi connectivity index (χ2v) is 5.34. The van der Waals surface area contributed by atoms with Gasteiger partial charge < -0.3 is 15.7 Å². The van der Waals surface area contributed by atoms with Crippen LogP contribution < -0.4 is 16.0 Å². The van der Waals surface area contributed by atoms with Crippen LogP contribution in [0.5, 0.6) is 0 Å². The Hall–Kier alpha value is -2.56. The van der Waals surface area contributed by atoms with Crippen molar-refractivity contribution < 1.29 is 14.7 Å². The highest BCUT2D eigenvalue weighted by atomic mass is 35.5. The summed E-state index contributed by atoms with van der Waals surface area (Å²) in [5, 5.41) is 26.0. The highest BCUT2D eigenvalue weighted by Gasteiger charge is 2.17. The second kappa shape index (κ2) is 9.55. The molecule has 7 nitrogen and oxygen atoms in total. The van der Waals surface area contributed by atoms with Gasteiger partial charge in [0.2, 0.25) is 0 Å². The topological polar surface area (TPSA) is 114 Å². The molecule has 3 amide bonds. The largest absolute Gasteiger partial charge is 0.394 e. The number of nitrogens with zero attached hydrogens (tertiary/aromatic N) is 1. The van der Waals surface area contributed by atoms with Gasteiger partial charge in [0.15, 0.2) is 0 Å². The quantitative estimate of drug-likeness (QED) is 0.463. The van der Waals surface area contributed by atoms with Gasteiger partial charge in [-0.1, -0.05) is 30.7 Å². The molecule has 8 heteroatoms. The van der Waals surface area contributed by atoms with E-state index in [1.54, 1.807) is 30.3 Å². The number of allylic oxidation sites excluding steroid dienone is 1. The molecule has 4 N–H and O–H groups in total. The van der Waals surface area contributed by atoms with Crippen LogP contribution in [0.25, 0.3) is 0 Å². The van der Waals surface area contributed by atoms with E-state index in [2.05, 4.69) is 16.0 Å². The van der Waals surface area contributed by atoms with E-state index in [4.69, 9.17) is 22.0 Å². The third-order valence-electron chi connectivity index (χ3n) is 3.20. The van der Waals surface area contributed by atoms with Crippen molar-refractivity contribution in [3.05, 3.63) is 40.6 Å². The number of urea groups is 1. The fraction of sp³-hybridized carbons (Fsp3) is 0.312. The molecule has 1 aromatic rings. The first-order valence-corrected chi connectivity index (χ1v) is 7.65. The molecule has 0 bridgehead atoms. The minimum atomic E-state index is -0.847. The molecular formula is C16H19ClN4O3. The summed E-state index contributed by atoms with van der Waals surface area (Å²) in [6, 6.07) is 7.22. The molecule has 0 saturated carbocycles. The smallest absolute Gasteiger partial charge is 0.326 e. The first-order chi connectivity index (χ1) is 11.4. The Morgan fingerprint density at radius 3 is 2.58 bits per heavy atom. The summed E-state index contributed by atoms with van der Waals surface area (Å²) >= 11 is 5.91. The summed E-state index contributed by atoms with van der Waals surface area (Å²) in [7, 11) is 0. The normalized spacial score (nSPS) is 12.5. The first kappa shape index (κ1) is 19.5. The van der Waals surface area contributed by atoms with Crippen molar-refractivity contribution in [1.82, 2.24) is 10.6 Å². The van der Waals surface area contributed by atoms with Gasteiger partial charge in [0.05, 0.1) is 17.3 Å². The number of aliphatic hydroxyl groups is 1. The fourth-order valence-electron chi connectivity index (χ4n) is 1.84. The molecule has 0 aromatic heterocycles. The highest BCUT2D eigenvalue weighted by molar-refractivity contribution is 6.33. The van der Waals surface area contributed by atoms with Gasteiger partial charge in [0.1, 0.15) is 11.6 Å². The lowest BCUT2D eigenvalue weighted by Crippen LogP contribution is -2.37. The maximum absolute atomic E-state index is 12.1. The lowest BCUT2D eigenvalue weighted by molar-refractivity contribution is -0.116. The number of carbonyl (C=O) groups excluding carboxylic acids is 2. The summed E-state index contributed by atoms with van der Waals surface area (Å²) in [6.45, 7) is 3.24. The maximum Gasteiger partial charge on any atom is 0.326 e. The number of nitriles is 1. The number of imide groups is 1. The molecular weight excluding hydrogens is 332 g/mol. The minimum Gasteiger partial charge on any atom is -0.394 e. The molecule has 1 unspecified atom stereocenters. The van der Waals surface area contributed by atoms with Gasteiger partial charge in [0.25, 0.3) is 5.91 Å². The number of rotatable bonds is 6. The Bertz CT molecular complexity index is 678. The number of nitrogens with one attached hydrogen (secondary N) is 3. The Balaban J connectivity index is 2.78. The molecule has 24 heavy (non-hydrogen) atoms. The predicted molar refractivity (Wildman–Crippen MR) is 91.2 cm³/mol. The summed E-state index contributed by atoms with van der Waals surface area (Å²) < 4.78 is 0. The molecule has 0 saturated heterocycles. The minimum absolute atomic E-state index is 0.138. The van der Waals surface area contributed by atoms with Gasteiger partial charge in [-0.25, -0.2) is 4.79 Å². The van der Waals surface area contributed by atoms with Crippen molar-refractivity contribution >= 4 is 29.2 Å². The van der Waals surface area contributed by atoms with Crippen LogP contribution in [0.3, 0.4) is 0 Å². The molecule has 0 aliphatic carbocycles. The molecule has 0 spiro atoms. The average molecular weight is 351 g/mol. The molecule has 1 aromatic carbocycles. The number of carbonyl (C=O) groups is 2. The molecule has 0 fully saturated rings. The number of anilines is 1. The second-order valence-electron chi connectivity index (χ2n) is 4.93. The molecule has 0 heterocycles. The van der Waals surface area contributed by atoms with Crippen molar-refractivity contribution in [2.75, 3.05) is 11.9 Å². The van der Waals surface area contributed by atoms with Crippen LogP contribution >= 0.6 is 11.6 Å².